The van der Waals surface area contributed by atoms with Crippen LogP contribution in [0.5, 0.6) is 0 Å². The monoisotopic (exact) mass is 212 g/mol. The Hall–Kier alpha value is -0.610. The molecule has 2 fully saturated rings. The lowest BCUT2D eigenvalue weighted by molar-refractivity contribution is -0.134. The van der Waals surface area contributed by atoms with E-state index in [9.17, 15) is 4.79 Å². The number of amides is 1. The van der Waals surface area contributed by atoms with Gasteiger partial charge in [0.15, 0.2) is 0 Å². The van der Waals surface area contributed by atoms with Crippen LogP contribution in [0.2, 0.25) is 0 Å². The van der Waals surface area contributed by atoms with E-state index in [0.29, 0.717) is 6.61 Å². The number of hydrogen-bond acceptors (Lipinski definition) is 3. The minimum atomic E-state index is 0.0157. The minimum Gasteiger partial charge on any atom is -0.379 e. The van der Waals surface area contributed by atoms with Gasteiger partial charge in [0.05, 0.1) is 24.9 Å². The van der Waals surface area contributed by atoms with Crippen molar-refractivity contribution in [2.75, 3.05) is 13.2 Å². The molecule has 4 heteroatoms. The molecule has 0 aliphatic carbocycles. The van der Waals surface area contributed by atoms with Crippen molar-refractivity contribution < 1.29 is 9.53 Å². The van der Waals surface area contributed by atoms with E-state index in [0.717, 1.165) is 25.9 Å². The van der Waals surface area contributed by atoms with Gasteiger partial charge in [-0.2, -0.15) is 0 Å². The number of carbonyl (C=O) groups is 1. The molecule has 0 spiro atoms. The predicted molar refractivity (Wildman–Crippen MR) is 57.4 cm³/mol. The molecule has 0 saturated carbocycles. The van der Waals surface area contributed by atoms with E-state index < -0.39 is 0 Å². The van der Waals surface area contributed by atoms with E-state index in [4.69, 9.17) is 4.74 Å². The van der Waals surface area contributed by atoms with Gasteiger partial charge in [0, 0.05) is 6.61 Å². The number of ether oxygens (including phenoxy) is 1. The van der Waals surface area contributed by atoms with Gasteiger partial charge >= 0.3 is 0 Å². The van der Waals surface area contributed by atoms with E-state index in [1.807, 2.05) is 11.8 Å². The van der Waals surface area contributed by atoms with Crippen LogP contribution < -0.4 is 5.32 Å². The fourth-order valence-electron chi connectivity index (χ4n) is 2.55. The average Bonchev–Trinajstić information content (AvgIpc) is 2.55. The zero-order valence-electron chi connectivity index (χ0n) is 9.53. The third-order valence-electron chi connectivity index (χ3n) is 3.35. The Balaban J connectivity index is 2.04. The summed E-state index contributed by atoms with van der Waals surface area (Å²) < 4.78 is 5.44. The molecule has 0 aromatic heterocycles. The molecule has 0 radical (unpaired) electrons. The third-order valence-corrected chi connectivity index (χ3v) is 3.35. The molecule has 1 amide bonds. The van der Waals surface area contributed by atoms with Crippen LogP contribution in [-0.4, -0.2) is 42.3 Å². The van der Waals surface area contributed by atoms with Crippen molar-refractivity contribution in [3.63, 3.8) is 0 Å². The molecule has 3 atom stereocenters. The van der Waals surface area contributed by atoms with Crippen LogP contribution in [0.1, 0.15) is 33.1 Å². The molecule has 1 N–H and O–H groups in total. The van der Waals surface area contributed by atoms with E-state index in [-0.39, 0.29) is 24.2 Å². The highest BCUT2D eigenvalue weighted by molar-refractivity contribution is 5.84. The summed E-state index contributed by atoms with van der Waals surface area (Å²) in [4.78, 5) is 14.0. The Labute approximate surface area is 91.0 Å². The van der Waals surface area contributed by atoms with Crippen LogP contribution in [0.4, 0.5) is 0 Å². The Morgan fingerprint density at radius 1 is 1.60 bits per heavy atom. The maximum absolute atomic E-state index is 12.1. The second kappa shape index (κ2) is 4.49. The molecule has 3 unspecified atom stereocenters. The molecule has 4 nitrogen and oxygen atoms in total. The number of hydrogen-bond donors (Lipinski definition) is 1. The normalized spacial score (nSPS) is 37.3. The summed E-state index contributed by atoms with van der Waals surface area (Å²) >= 11 is 0. The zero-order chi connectivity index (χ0) is 10.8. The van der Waals surface area contributed by atoms with E-state index in [1.165, 1.54) is 0 Å². The lowest BCUT2D eigenvalue weighted by Gasteiger charge is -2.33. The summed E-state index contributed by atoms with van der Waals surface area (Å²) in [5, 5.41) is 3.32. The van der Waals surface area contributed by atoms with Crippen molar-refractivity contribution in [1.29, 1.82) is 0 Å². The molecule has 15 heavy (non-hydrogen) atoms. The molecule has 2 heterocycles. The van der Waals surface area contributed by atoms with E-state index in [1.54, 1.807) is 0 Å². The molecule has 86 valence electrons. The molecular formula is C11H20N2O2. The number of nitrogens with one attached hydrogen (secondary N) is 1. The highest BCUT2D eigenvalue weighted by Gasteiger charge is 2.39. The highest BCUT2D eigenvalue weighted by Crippen LogP contribution is 2.21. The smallest absolute Gasteiger partial charge is 0.241 e. The van der Waals surface area contributed by atoms with Gasteiger partial charge in [-0.1, -0.05) is 6.92 Å². The summed E-state index contributed by atoms with van der Waals surface area (Å²) in [5.41, 5.74) is 0. The van der Waals surface area contributed by atoms with E-state index >= 15 is 0 Å². The summed E-state index contributed by atoms with van der Waals surface area (Å²) in [7, 11) is 0. The second-order valence-electron chi connectivity index (χ2n) is 4.42. The molecule has 2 aliphatic heterocycles. The standard InChI is InChI=1S/C11H20N2O2/c1-3-10-11(14)13(8(2)12-10)9-5-4-6-15-7-9/h8-10,12H,3-7H2,1-2H3. The third kappa shape index (κ3) is 2.01. The average molecular weight is 212 g/mol. The van der Waals surface area contributed by atoms with Gasteiger partial charge in [-0.05, 0) is 26.2 Å². The summed E-state index contributed by atoms with van der Waals surface area (Å²) in [6.45, 7) is 5.65. The maximum Gasteiger partial charge on any atom is 0.241 e. The summed E-state index contributed by atoms with van der Waals surface area (Å²) in [6, 6.07) is 0.298. The lowest BCUT2D eigenvalue weighted by atomic mass is 10.1. The van der Waals surface area contributed by atoms with Gasteiger partial charge in [0.2, 0.25) is 5.91 Å². The van der Waals surface area contributed by atoms with Gasteiger partial charge in [-0.25, -0.2) is 0 Å². The Bertz CT molecular complexity index is 239. The Kier molecular flexibility index (Phi) is 3.26. The van der Waals surface area contributed by atoms with Crippen molar-refractivity contribution in [2.24, 2.45) is 0 Å². The van der Waals surface area contributed by atoms with Crippen molar-refractivity contribution >= 4 is 5.91 Å². The fourth-order valence-corrected chi connectivity index (χ4v) is 2.55. The Morgan fingerprint density at radius 3 is 2.93 bits per heavy atom. The van der Waals surface area contributed by atoms with E-state index in [2.05, 4.69) is 12.2 Å². The van der Waals surface area contributed by atoms with Crippen LogP contribution in [0, 0.1) is 0 Å². The van der Waals surface area contributed by atoms with Crippen LogP contribution in [-0.2, 0) is 9.53 Å². The molecule has 2 saturated heterocycles. The molecule has 0 bridgehead atoms. The van der Waals surface area contributed by atoms with Gasteiger partial charge in [-0.3, -0.25) is 10.1 Å². The first-order chi connectivity index (χ1) is 7.24. The van der Waals surface area contributed by atoms with Crippen molar-refractivity contribution in [1.82, 2.24) is 10.2 Å². The topological polar surface area (TPSA) is 41.6 Å². The van der Waals surface area contributed by atoms with Crippen molar-refractivity contribution in [2.45, 2.75) is 51.4 Å². The van der Waals surface area contributed by atoms with Gasteiger partial charge in [0.1, 0.15) is 0 Å². The van der Waals surface area contributed by atoms with Crippen LogP contribution >= 0.6 is 0 Å². The molecule has 2 aliphatic rings. The number of rotatable bonds is 2. The van der Waals surface area contributed by atoms with Crippen molar-refractivity contribution in [3.8, 4) is 0 Å². The van der Waals surface area contributed by atoms with Crippen molar-refractivity contribution in [3.05, 3.63) is 0 Å². The van der Waals surface area contributed by atoms with Gasteiger partial charge < -0.3 is 9.64 Å². The second-order valence-corrected chi connectivity index (χ2v) is 4.42. The van der Waals surface area contributed by atoms with Gasteiger partial charge in [0.25, 0.3) is 0 Å². The largest absolute Gasteiger partial charge is 0.379 e. The van der Waals surface area contributed by atoms with Crippen LogP contribution in [0.15, 0.2) is 0 Å². The summed E-state index contributed by atoms with van der Waals surface area (Å²) in [5.74, 6) is 0.250. The molecule has 2 rings (SSSR count). The molecule has 0 aromatic rings. The first kappa shape index (κ1) is 10.9. The summed E-state index contributed by atoms with van der Waals surface area (Å²) in [6.07, 6.45) is 3.17. The fraction of sp³-hybridized carbons (Fsp3) is 0.909. The zero-order valence-corrected chi connectivity index (χ0v) is 9.53. The lowest BCUT2D eigenvalue weighted by Crippen LogP contribution is -2.47. The van der Waals surface area contributed by atoms with Crippen LogP contribution in [0.3, 0.4) is 0 Å². The minimum absolute atomic E-state index is 0.0157. The predicted octanol–water partition coefficient (Wildman–Crippen LogP) is 0.722. The highest BCUT2D eigenvalue weighted by atomic mass is 16.5. The first-order valence-electron chi connectivity index (χ1n) is 5.90. The maximum atomic E-state index is 12.1. The Morgan fingerprint density at radius 2 is 2.40 bits per heavy atom. The molecule has 0 aromatic carbocycles. The number of carbonyl (C=O) groups excluding carboxylic acids is 1. The van der Waals surface area contributed by atoms with Crippen LogP contribution in [0.25, 0.3) is 0 Å². The quantitative estimate of drug-likeness (QED) is 0.733. The SMILES string of the molecule is CCC1NC(C)N(C2CCCOC2)C1=O. The first-order valence-corrected chi connectivity index (χ1v) is 5.90. The number of nitrogens with zero attached hydrogens (tertiary/aromatic N) is 1. The molecular weight excluding hydrogens is 192 g/mol. The van der Waals surface area contributed by atoms with Gasteiger partial charge in [-0.15, -0.1) is 0 Å².